The number of halogens is 3. The summed E-state index contributed by atoms with van der Waals surface area (Å²) < 4.78 is 50.6. The molecule has 1 aliphatic rings. The summed E-state index contributed by atoms with van der Waals surface area (Å²) in [4.78, 5) is 11.1. The summed E-state index contributed by atoms with van der Waals surface area (Å²) >= 11 is 0. The van der Waals surface area contributed by atoms with E-state index in [2.05, 4.69) is 15.0 Å². The first-order valence-corrected chi connectivity index (χ1v) is 11.6. The average Bonchev–Trinajstić information content (AvgIpc) is 3.61. The van der Waals surface area contributed by atoms with Gasteiger partial charge in [0, 0.05) is 5.92 Å². The van der Waals surface area contributed by atoms with Crippen LogP contribution in [0.1, 0.15) is 46.1 Å². The topological polar surface area (TPSA) is 86.5 Å². The van der Waals surface area contributed by atoms with Gasteiger partial charge in [0.15, 0.2) is 5.75 Å². The number of carboxylic acids is 1. The van der Waals surface area contributed by atoms with Crippen LogP contribution in [0.25, 0.3) is 16.8 Å². The molecule has 0 saturated heterocycles. The zero-order valence-electron chi connectivity index (χ0n) is 19.7. The summed E-state index contributed by atoms with van der Waals surface area (Å²) in [5.41, 5.74) is 4.30. The third-order valence-electron chi connectivity index (χ3n) is 6.09. The molecular weight excluding hydrogens is 487 g/mol. The van der Waals surface area contributed by atoms with Crippen molar-refractivity contribution in [2.75, 3.05) is 0 Å². The molecule has 0 aliphatic heterocycles. The Balaban J connectivity index is 1.40. The van der Waals surface area contributed by atoms with Crippen molar-refractivity contribution in [1.82, 2.24) is 15.0 Å². The zero-order valence-corrected chi connectivity index (χ0v) is 19.7. The Hall–Kier alpha value is -4.34. The third kappa shape index (κ3) is 5.42. The van der Waals surface area contributed by atoms with Crippen LogP contribution in [-0.4, -0.2) is 32.4 Å². The van der Waals surface area contributed by atoms with Crippen molar-refractivity contribution in [2.24, 2.45) is 0 Å². The molecule has 0 radical (unpaired) electrons. The largest absolute Gasteiger partial charge is 0.573 e. The van der Waals surface area contributed by atoms with Gasteiger partial charge in [-0.15, -0.1) is 18.3 Å². The highest BCUT2D eigenvalue weighted by molar-refractivity contribution is 5.88. The number of benzene rings is 3. The number of rotatable bonds is 8. The monoisotopic (exact) mass is 509 g/mol. The van der Waals surface area contributed by atoms with Crippen LogP contribution in [-0.2, 0) is 6.61 Å². The van der Waals surface area contributed by atoms with Crippen molar-refractivity contribution < 1.29 is 32.5 Å². The van der Waals surface area contributed by atoms with Gasteiger partial charge in [0.1, 0.15) is 23.7 Å². The van der Waals surface area contributed by atoms with E-state index in [4.69, 9.17) is 9.84 Å². The first-order valence-electron chi connectivity index (χ1n) is 11.6. The maximum absolute atomic E-state index is 13.0. The molecule has 1 saturated carbocycles. The van der Waals surface area contributed by atoms with E-state index in [1.807, 2.05) is 19.1 Å². The average molecular weight is 509 g/mol. The normalized spacial score (nSPS) is 13.4. The number of hydrogen-bond acceptors (Lipinski definition) is 5. The second kappa shape index (κ2) is 9.61. The fourth-order valence-corrected chi connectivity index (χ4v) is 4.15. The van der Waals surface area contributed by atoms with E-state index in [0.29, 0.717) is 17.1 Å². The number of para-hydroxylation sites is 2. The third-order valence-corrected chi connectivity index (χ3v) is 6.09. The van der Waals surface area contributed by atoms with E-state index in [-0.39, 0.29) is 29.5 Å². The minimum absolute atomic E-state index is 0.0469. The van der Waals surface area contributed by atoms with Gasteiger partial charge in [-0.25, -0.2) is 9.48 Å². The van der Waals surface area contributed by atoms with Crippen LogP contribution in [0.15, 0.2) is 66.7 Å². The van der Waals surface area contributed by atoms with E-state index in [0.717, 1.165) is 29.5 Å². The van der Waals surface area contributed by atoms with Crippen LogP contribution in [0.4, 0.5) is 13.2 Å². The molecule has 10 heteroatoms. The molecule has 1 N–H and O–H groups in total. The Morgan fingerprint density at radius 3 is 2.46 bits per heavy atom. The molecule has 1 fully saturated rings. The van der Waals surface area contributed by atoms with Gasteiger partial charge in [0.25, 0.3) is 0 Å². The number of carbonyl (C=O) groups is 1. The Bertz CT molecular complexity index is 1440. The fourth-order valence-electron chi connectivity index (χ4n) is 4.15. The maximum Gasteiger partial charge on any atom is 0.573 e. The smallest absolute Gasteiger partial charge is 0.487 e. The molecule has 0 unspecified atom stereocenters. The van der Waals surface area contributed by atoms with E-state index < -0.39 is 12.3 Å². The van der Waals surface area contributed by atoms with Crippen molar-refractivity contribution in [1.29, 1.82) is 0 Å². The van der Waals surface area contributed by atoms with Crippen molar-refractivity contribution in [2.45, 2.75) is 38.7 Å². The highest BCUT2D eigenvalue weighted by atomic mass is 19.4. The molecule has 1 aliphatic carbocycles. The lowest BCUT2D eigenvalue weighted by atomic mass is 9.99. The molecule has 0 amide bonds. The van der Waals surface area contributed by atoms with Crippen LogP contribution >= 0.6 is 0 Å². The van der Waals surface area contributed by atoms with E-state index >= 15 is 0 Å². The zero-order chi connectivity index (χ0) is 26.2. The molecule has 0 spiro atoms. The molecule has 190 valence electrons. The molecule has 0 bridgehead atoms. The molecule has 37 heavy (non-hydrogen) atoms. The van der Waals surface area contributed by atoms with Gasteiger partial charge in [0.2, 0.25) is 0 Å². The predicted molar refractivity (Wildman–Crippen MR) is 128 cm³/mol. The van der Waals surface area contributed by atoms with E-state index in [1.165, 1.54) is 22.9 Å². The van der Waals surface area contributed by atoms with E-state index in [1.54, 1.807) is 36.4 Å². The van der Waals surface area contributed by atoms with Crippen molar-refractivity contribution in [3.8, 4) is 28.3 Å². The van der Waals surface area contributed by atoms with Gasteiger partial charge in [-0.05, 0) is 72.9 Å². The summed E-state index contributed by atoms with van der Waals surface area (Å²) in [6.45, 7) is 1.96. The summed E-state index contributed by atoms with van der Waals surface area (Å²) in [5.74, 6) is -0.602. The van der Waals surface area contributed by atoms with Gasteiger partial charge in [-0.2, -0.15) is 0 Å². The Morgan fingerprint density at radius 1 is 1.08 bits per heavy atom. The molecule has 4 aromatic rings. The van der Waals surface area contributed by atoms with Gasteiger partial charge in [0.05, 0.1) is 11.3 Å². The summed E-state index contributed by atoms with van der Waals surface area (Å²) in [5, 5.41) is 17.5. The number of hydrogen-bond donors (Lipinski definition) is 1. The van der Waals surface area contributed by atoms with Crippen LogP contribution < -0.4 is 9.47 Å². The summed E-state index contributed by atoms with van der Waals surface area (Å²) in [7, 11) is 0. The molecule has 3 aromatic carbocycles. The lowest BCUT2D eigenvalue weighted by Gasteiger charge is -2.15. The SMILES string of the molecule is Cc1cc(OCc2c(C3CC3)nnn2-c2ccccc2OC(F)(F)F)ccc1-c1ccc(C(=O)O)cc1. The van der Waals surface area contributed by atoms with Crippen molar-refractivity contribution in [3.05, 3.63) is 89.2 Å². The number of alkyl halides is 3. The summed E-state index contributed by atoms with van der Waals surface area (Å²) in [6, 6.07) is 17.9. The summed E-state index contributed by atoms with van der Waals surface area (Å²) in [6.07, 6.45) is -2.98. The molecule has 0 atom stereocenters. The number of aromatic nitrogens is 3. The van der Waals surface area contributed by atoms with Crippen LogP contribution in [0.5, 0.6) is 11.5 Å². The van der Waals surface area contributed by atoms with E-state index in [9.17, 15) is 18.0 Å². The van der Waals surface area contributed by atoms with Gasteiger partial charge in [-0.3, -0.25) is 0 Å². The quantitative estimate of drug-likeness (QED) is 0.300. The van der Waals surface area contributed by atoms with Crippen LogP contribution in [0.3, 0.4) is 0 Å². The highest BCUT2D eigenvalue weighted by Gasteiger charge is 2.34. The number of carboxylic acid groups (broad SMARTS) is 1. The molecular formula is C27H22F3N3O4. The number of aryl methyl sites for hydroxylation is 1. The second-order valence-corrected chi connectivity index (χ2v) is 8.77. The van der Waals surface area contributed by atoms with Crippen LogP contribution in [0.2, 0.25) is 0 Å². The Morgan fingerprint density at radius 2 is 1.81 bits per heavy atom. The van der Waals surface area contributed by atoms with Gasteiger partial charge >= 0.3 is 12.3 Å². The first kappa shape index (κ1) is 24.4. The number of ether oxygens (including phenoxy) is 2. The van der Waals surface area contributed by atoms with Crippen molar-refractivity contribution in [3.63, 3.8) is 0 Å². The highest BCUT2D eigenvalue weighted by Crippen LogP contribution is 2.42. The number of aromatic carboxylic acids is 1. The predicted octanol–water partition coefficient (Wildman–Crippen LogP) is 6.30. The Labute approximate surface area is 210 Å². The lowest BCUT2D eigenvalue weighted by Crippen LogP contribution is -2.19. The van der Waals surface area contributed by atoms with Gasteiger partial charge in [-0.1, -0.05) is 35.5 Å². The van der Waals surface area contributed by atoms with Crippen molar-refractivity contribution >= 4 is 5.97 Å². The second-order valence-electron chi connectivity index (χ2n) is 8.77. The lowest BCUT2D eigenvalue weighted by molar-refractivity contribution is -0.274. The Kier molecular flexibility index (Phi) is 6.32. The minimum Gasteiger partial charge on any atom is -0.487 e. The molecule has 1 heterocycles. The van der Waals surface area contributed by atoms with Gasteiger partial charge < -0.3 is 14.6 Å². The fraction of sp³-hybridized carbons (Fsp3) is 0.222. The molecule has 5 rings (SSSR count). The molecule has 1 aromatic heterocycles. The van der Waals surface area contributed by atoms with Crippen LogP contribution in [0, 0.1) is 6.92 Å². The number of nitrogens with zero attached hydrogens (tertiary/aromatic N) is 3. The minimum atomic E-state index is -4.85. The first-order chi connectivity index (χ1) is 17.7. The standard InChI is InChI=1S/C27H22F3N3O4/c1-16-14-20(12-13-21(16)17-6-10-19(11-7-17)26(34)35)36-15-23-25(18-8-9-18)31-32-33(23)22-4-2-3-5-24(22)37-27(28,29)30/h2-7,10-14,18H,8-9,15H2,1H3,(H,34,35). The maximum atomic E-state index is 13.0. The molecule has 7 nitrogen and oxygen atoms in total.